The Balaban J connectivity index is 1.15. The second kappa shape index (κ2) is 9.41. The van der Waals surface area contributed by atoms with Crippen LogP contribution in [0.5, 0.6) is 0 Å². The van der Waals surface area contributed by atoms with Gasteiger partial charge in [0, 0.05) is 47.7 Å². The molecule has 6 rings (SSSR count). The van der Waals surface area contributed by atoms with Crippen LogP contribution in [0.3, 0.4) is 0 Å². The lowest BCUT2D eigenvalue weighted by atomic mass is 9.78. The number of aromatic nitrogens is 4. The van der Waals surface area contributed by atoms with Crippen molar-refractivity contribution in [1.82, 2.24) is 19.5 Å². The molecule has 6 heteroatoms. The molecule has 0 amide bonds. The highest BCUT2D eigenvalue weighted by Gasteiger charge is 2.26. The number of fused-ring (bicyclic) bond motifs is 2. The van der Waals surface area contributed by atoms with E-state index in [0.717, 1.165) is 64.3 Å². The van der Waals surface area contributed by atoms with Crippen molar-refractivity contribution < 1.29 is 4.79 Å². The molecule has 0 N–H and O–H groups in total. The molecule has 2 atom stereocenters. The van der Waals surface area contributed by atoms with Crippen LogP contribution < -0.4 is 0 Å². The number of ketones is 1. The molecule has 0 spiro atoms. The monoisotopic (exact) mass is 477 g/mol. The third-order valence-corrected chi connectivity index (χ3v) is 7.81. The largest absolute Gasteiger partial charge is 0.328 e. The van der Waals surface area contributed by atoms with Crippen LogP contribution in [-0.2, 0) is 13.1 Å². The number of aliphatic imine (C=N–C) groups is 1. The highest BCUT2D eigenvalue weighted by atomic mass is 16.1. The number of aryl methyl sites for hydroxylation is 2. The van der Waals surface area contributed by atoms with E-state index in [1.54, 1.807) is 0 Å². The van der Waals surface area contributed by atoms with Crippen LogP contribution in [0, 0.1) is 25.7 Å². The summed E-state index contributed by atoms with van der Waals surface area (Å²) < 4.78 is 2.33. The van der Waals surface area contributed by atoms with E-state index in [-0.39, 0.29) is 5.78 Å². The zero-order chi connectivity index (χ0) is 24.6. The lowest BCUT2D eigenvalue weighted by Crippen LogP contribution is -2.22. The van der Waals surface area contributed by atoms with Crippen LogP contribution in [0.25, 0.3) is 11.0 Å². The smallest absolute Gasteiger partial charge is 0.163 e. The van der Waals surface area contributed by atoms with Gasteiger partial charge in [-0.05, 0) is 74.8 Å². The maximum atomic E-state index is 13.4. The number of benzene rings is 1. The van der Waals surface area contributed by atoms with Crippen LogP contribution in [0.15, 0.2) is 60.0 Å². The van der Waals surface area contributed by atoms with Gasteiger partial charge in [-0.2, -0.15) is 0 Å². The van der Waals surface area contributed by atoms with Crippen molar-refractivity contribution in [2.75, 3.05) is 0 Å². The molecule has 1 aliphatic heterocycles. The van der Waals surface area contributed by atoms with Crippen molar-refractivity contribution in [3.05, 3.63) is 88.8 Å². The highest BCUT2D eigenvalue weighted by molar-refractivity contribution is 6.16. The summed E-state index contributed by atoms with van der Waals surface area (Å²) in [5, 5.41) is 0. The molecule has 36 heavy (non-hydrogen) atoms. The zero-order valence-corrected chi connectivity index (χ0v) is 20.9. The van der Waals surface area contributed by atoms with Gasteiger partial charge in [0.25, 0.3) is 0 Å². The number of imidazole rings is 1. The van der Waals surface area contributed by atoms with E-state index < -0.39 is 0 Å². The van der Waals surface area contributed by atoms with Crippen molar-refractivity contribution in [3.63, 3.8) is 0 Å². The number of hydrogen-bond acceptors (Lipinski definition) is 5. The summed E-state index contributed by atoms with van der Waals surface area (Å²) in [6.07, 6.45) is 10.7. The minimum atomic E-state index is 0.246. The van der Waals surface area contributed by atoms with Gasteiger partial charge in [0.05, 0.1) is 24.0 Å². The molecular formula is C30H31N5O. The van der Waals surface area contributed by atoms with Gasteiger partial charge >= 0.3 is 0 Å². The van der Waals surface area contributed by atoms with E-state index in [9.17, 15) is 4.79 Å². The summed E-state index contributed by atoms with van der Waals surface area (Å²) in [6, 6.07) is 12.3. The van der Waals surface area contributed by atoms with E-state index in [1.165, 1.54) is 18.4 Å². The standard InChI is InChI=1S/C30H31N5O/c1-19-12-24(8-11-32-19)30-26-15-23(6-7-25(26)16-33-30)29(36)14-21-4-3-5-22(13-21)18-35-20(2)34-27-17-31-10-9-28(27)35/h6-12,15,17,21-22H,3-5,13-14,16,18H2,1-2H3. The van der Waals surface area contributed by atoms with E-state index in [4.69, 9.17) is 4.99 Å². The maximum Gasteiger partial charge on any atom is 0.163 e. The summed E-state index contributed by atoms with van der Waals surface area (Å²) in [4.78, 5) is 31.4. The molecule has 6 nitrogen and oxygen atoms in total. The predicted molar refractivity (Wildman–Crippen MR) is 141 cm³/mol. The first kappa shape index (κ1) is 22.8. The van der Waals surface area contributed by atoms with Crippen LogP contribution in [-0.4, -0.2) is 31.0 Å². The molecule has 1 aliphatic carbocycles. The number of carbonyl (C=O) groups is 1. The third-order valence-electron chi connectivity index (χ3n) is 7.81. The Morgan fingerprint density at radius 2 is 1.94 bits per heavy atom. The fraction of sp³-hybridized carbons (Fsp3) is 0.367. The summed E-state index contributed by atoms with van der Waals surface area (Å²) in [5.41, 5.74) is 8.20. The number of hydrogen-bond donors (Lipinski definition) is 0. The van der Waals surface area contributed by atoms with Gasteiger partial charge in [-0.3, -0.25) is 19.8 Å². The lowest BCUT2D eigenvalue weighted by molar-refractivity contribution is 0.0937. The molecule has 1 saturated carbocycles. The number of carbonyl (C=O) groups excluding carboxylic acids is 1. The molecule has 3 aromatic heterocycles. The molecule has 2 aliphatic rings. The number of nitrogens with zero attached hydrogens (tertiary/aromatic N) is 5. The SMILES string of the molecule is Cc1cc(C2=NCc3ccc(C(=O)CC4CCCC(Cn5c(C)nc6cnccc65)C4)cc32)ccn1. The van der Waals surface area contributed by atoms with Gasteiger partial charge in [0.2, 0.25) is 0 Å². The van der Waals surface area contributed by atoms with Gasteiger partial charge in [-0.1, -0.05) is 18.6 Å². The molecule has 182 valence electrons. The molecule has 4 heterocycles. The number of pyridine rings is 2. The lowest BCUT2D eigenvalue weighted by Gasteiger charge is -2.29. The second-order valence-electron chi connectivity index (χ2n) is 10.4. The van der Waals surface area contributed by atoms with Crippen LogP contribution in [0.2, 0.25) is 0 Å². The van der Waals surface area contributed by atoms with Gasteiger partial charge in [-0.15, -0.1) is 0 Å². The molecular weight excluding hydrogens is 446 g/mol. The molecule has 0 radical (unpaired) electrons. The Kier molecular flexibility index (Phi) is 5.96. The molecule has 0 bridgehead atoms. The summed E-state index contributed by atoms with van der Waals surface area (Å²) in [5.74, 6) is 2.28. The van der Waals surface area contributed by atoms with Crippen molar-refractivity contribution in [1.29, 1.82) is 0 Å². The van der Waals surface area contributed by atoms with Crippen molar-refractivity contribution >= 4 is 22.5 Å². The molecule has 1 fully saturated rings. The Morgan fingerprint density at radius 3 is 2.83 bits per heavy atom. The van der Waals surface area contributed by atoms with Gasteiger partial charge < -0.3 is 4.57 Å². The Bertz CT molecular complexity index is 1480. The van der Waals surface area contributed by atoms with Crippen LogP contribution in [0.4, 0.5) is 0 Å². The first-order valence-corrected chi connectivity index (χ1v) is 13.0. The summed E-state index contributed by atoms with van der Waals surface area (Å²) in [7, 11) is 0. The highest BCUT2D eigenvalue weighted by Crippen LogP contribution is 2.34. The Morgan fingerprint density at radius 1 is 1.06 bits per heavy atom. The maximum absolute atomic E-state index is 13.4. The molecule has 0 saturated heterocycles. The van der Waals surface area contributed by atoms with Crippen molar-refractivity contribution in [2.24, 2.45) is 16.8 Å². The fourth-order valence-electron chi connectivity index (χ4n) is 6.02. The topological polar surface area (TPSA) is 73.0 Å². The molecule has 4 aromatic rings. The van der Waals surface area contributed by atoms with E-state index in [1.807, 2.05) is 37.6 Å². The van der Waals surface area contributed by atoms with Gasteiger partial charge in [0.15, 0.2) is 5.78 Å². The van der Waals surface area contributed by atoms with Gasteiger partial charge in [-0.25, -0.2) is 4.98 Å². The van der Waals surface area contributed by atoms with Crippen LogP contribution in [0.1, 0.15) is 70.7 Å². The van der Waals surface area contributed by atoms with E-state index in [2.05, 4.69) is 50.7 Å². The molecule has 2 unspecified atom stereocenters. The Hall–Kier alpha value is -3.67. The average Bonchev–Trinajstić information content (AvgIpc) is 3.44. The van der Waals surface area contributed by atoms with Gasteiger partial charge in [0.1, 0.15) is 11.3 Å². The Labute approximate surface area is 211 Å². The van der Waals surface area contributed by atoms with Crippen molar-refractivity contribution in [3.8, 4) is 0 Å². The first-order valence-electron chi connectivity index (χ1n) is 13.0. The molecule has 1 aromatic carbocycles. The predicted octanol–water partition coefficient (Wildman–Crippen LogP) is 5.87. The van der Waals surface area contributed by atoms with Crippen molar-refractivity contribution in [2.45, 2.75) is 59.0 Å². The second-order valence-corrected chi connectivity index (χ2v) is 10.4. The summed E-state index contributed by atoms with van der Waals surface area (Å²) in [6.45, 7) is 5.69. The van der Waals surface area contributed by atoms with E-state index in [0.29, 0.717) is 24.8 Å². The zero-order valence-electron chi connectivity index (χ0n) is 20.9. The quantitative estimate of drug-likeness (QED) is 0.325. The summed E-state index contributed by atoms with van der Waals surface area (Å²) >= 11 is 0. The number of Topliss-reactive ketones (excluding diaryl/α,β-unsaturated/α-hetero) is 1. The third kappa shape index (κ3) is 4.36. The minimum Gasteiger partial charge on any atom is -0.328 e. The number of rotatable bonds is 6. The van der Waals surface area contributed by atoms with E-state index >= 15 is 0 Å². The first-order chi connectivity index (χ1) is 17.5. The van der Waals surface area contributed by atoms with Crippen LogP contribution >= 0.6 is 0 Å². The minimum absolute atomic E-state index is 0.246. The fourth-order valence-corrected chi connectivity index (χ4v) is 6.02. The normalized spacial score (nSPS) is 19.3. The average molecular weight is 478 g/mol.